The van der Waals surface area contributed by atoms with Crippen LogP contribution in [0.1, 0.15) is 12.8 Å². The fraction of sp³-hybridized carbons (Fsp3) is 0.421. The summed E-state index contributed by atoms with van der Waals surface area (Å²) in [6, 6.07) is 9.08. The molecule has 0 bridgehead atoms. The second-order valence-electron chi connectivity index (χ2n) is 6.31. The number of benzene rings is 1. The molecule has 0 aliphatic carbocycles. The Kier molecular flexibility index (Phi) is 4.61. The highest BCUT2D eigenvalue weighted by atomic mass is 16.5. The van der Waals surface area contributed by atoms with Gasteiger partial charge in [-0.15, -0.1) is 0 Å². The molecular formula is C19H23N3O3. The standard InChI is InChI=1S/C19H23N3O3/c1-23-14-12-21-11-7-16-17(21)3-2-4-18(16)25-15-5-9-22(10-6-15)19-20-8-13-24-19/h2-4,7-8,11,13,15H,5-6,9-10,12,14H2,1H3. The molecule has 1 aliphatic rings. The van der Waals surface area contributed by atoms with Crippen LogP contribution in [0.3, 0.4) is 0 Å². The monoisotopic (exact) mass is 341 g/mol. The number of hydrogen-bond acceptors (Lipinski definition) is 5. The molecule has 3 heterocycles. The summed E-state index contributed by atoms with van der Waals surface area (Å²) in [4.78, 5) is 6.39. The maximum atomic E-state index is 6.33. The van der Waals surface area contributed by atoms with Crippen molar-refractivity contribution in [1.29, 1.82) is 0 Å². The van der Waals surface area contributed by atoms with Crippen molar-refractivity contribution in [3.8, 4) is 5.75 Å². The number of anilines is 1. The highest BCUT2D eigenvalue weighted by Gasteiger charge is 2.23. The van der Waals surface area contributed by atoms with Gasteiger partial charge in [-0.25, -0.2) is 4.98 Å². The molecule has 0 radical (unpaired) electrons. The minimum Gasteiger partial charge on any atom is -0.490 e. The van der Waals surface area contributed by atoms with Crippen molar-refractivity contribution in [3.63, 3.8) is 0 Å². The van der Waals surface area contributed by atoms with Crippen LogP contribution in [0.4, 0.5) is 6.01 Å². The fourth-order valence-electron chi connectivity index (χ4n) is 3.40. The van der Waals surface area contributed by atoms with Crippen LogP contribution < -0.4 is 9.64 Å². The second kappa shape index (κ2) is 7.19. The van der Waals surface area contributed by atoms with Crippen LogP contribution in [0.25, 0.3) is 10.9 Å². The van der Waals surface area contributed by atoms with Crippen molar-refractivity contribution in [2.75, 3.05) is 31.7 Å². The third-order valence-electron chi connectivity index (χ3n) is 4.74. The SMILES string of the molecule is COCCn1ccc2c(OC3CCN(c4ncco4)CC3)cccc21. The molecule has 1 fully saturated rings. The van der Waals surface area contributed by atoms with Crippen molar-refractivity contribution in [3.05, 3.63) is 42.9 Å². The zero-order chi connectivity index (χ0) is 17.1. The first-order valence-electron chi connectivity index (χ1n) is 8.73. The highest BCUT2D eigenvalue weighted by molar-refractivity contribution is 5.86. The second-order valence-corrected chi connectivity index (χ2v) is 6.31. The zero-order valence-corrected chi connectivity index (χ0v) is 14.4. The molecule has 0 atom stereocenters. The van der Waals surface area contributed by atoms with E-state index in [1.165, 1.54) is 5.52 Å². The maximum Gasteiger partial charge on any atom is 0.297 e. The predicted octanol–water partition coefficient (Wildman–Crippen LogP) is 3.32. The Morgan fingerprint density at radius 3 is 2.88 bits per heavy atom. The van der Waals surface area contributed by atoms with Gasteiger partial charge in [0.15, 0.2) is 0 Å². The summed E-state index contributed by atoms with van der Waals surface area (Å²) in [5.74, 6) is 0.961. The van der Waals surface area contributed by atoms with Crippen LogP contribution in [0.15, 0.2) is 47.3 Å². The molecule has 6 heteroatoms. The Morgan fingerprint density at radius 1 is 1.24 bits per heavy atom. The lowest BCUT2D eigenvalue weighted by molar-refractivity contribution is 0.171. The summed E-state index contributed by atoms with van der Waals surface area (Å²) in [7, 11) is 1.73. The molecule has 25 heavy (non-hydrogen) atoms. The van der Waals surface area contributed by atoms with E-state index in [9.17, 15) is 0 Å². The molecule has 132 valence electrons. The Balaban J connectivity index is 1.44. The van der Waals surface area contributed by atoms with Crippen molar-refractivity contribution < 1.29 is 13.9 Å². The number of ether oxygens (including phenoxy) is 2. The van der Waals surface area contributed by atoms with Crippen molar-refractivity contribution in [1.82, 2.24) is 9.55 Å². The van der Waals surface area contributed by atoms with Crippen molar-refractivity contribution in [2.45, 2.75) is 25.5 Å². The lowest BCUT2D eigenvalue weighted by atomic mass is 10.1. The number of aromatic nitrogens is 2. The van der Waals surface area contributed by atoms with E-state index in [1.54, 1.807) is 19.6 Å². The average molecular weight is 341 g/mol. The van der Waals surface area contributed by atoms with E-state index in [4.69, 9.17) is 13.9 Å². The first kappa shape index (κ1) is 16.0. The largest absolute Gasteiger partial charge is 0.490 e. The van der Waals surface area contributed by atoms with Crippen LogP contribution >= 0.6 is 0 Å². The molecule has 1 aliphatic heterocycles. The summed E-state index contributed by atoms with van der Waals surface area (Å²) in [6.07, 6.45) is 7.55. The van der Waals surface area contributed by atoms with E-state index < -0.39 is 0 Å². The van der Waals surface area contributed by atoms with E-state index in [1.807, 2.05) is 0 Å². The lowest BCUT2D eigenvalue weighted by Gasteiger charge is -2.31. The maximum absolute atomic E-state index is 6.33. The third kappa shape index (κ3) is 3.35. The number of nitrogens with zero attached hydrogens (tertiary/aromatic N) is 3. The molecule has 1 aromatic carbocycles. The van der Waals surface area contributed by atoms with Gasteiger partial charge in [0.2, 0.25) is 0 Å². The van der Waals surface area contributed by atoms with E-state index in [0.29, 0.717) is 12.6 Å². The van der Waals surface area contributed by atoms with Gasteiger partial charge in [-0.2, -0.15) is 0 Å². The molecule has 0 N–H and O–H groups in total. The zero-order valence-electron chi connectivity index (χ0n) is 14.4. The summed E-state index contributed by atoms with van der Waals surface area (Å²) >= 11 is 0. The van der Waals surface area contributed by atoms with Crippen LogP contribution in [-0.4, -0.2) is 42.5 Å². The Morgan fingerprint density at radius 2 is 2.12 bits per heavy atom. The van der Waals surface area contributed by atoms with Crippen LogP contribution in [0, 0.1) is 0 Å². The van der Waals surface area contributed by atoms with Gasteiger partial charge in [-0.05, 0) is 18.2 Å². The topological polar surface area (TPSA) is 52.7 Å². The van der Waals surface area contributed by atoms with Gasteiger partial charge in [-0.1, -0.05) is 6.07 Å². The first-order valence-corrected chi connectivity index (χ1v) is 8.73. The Bertz CT molecular complexity index is 805. The van der Waals surface area contributed by atoms with Gasteiger partial charge in [0, 0.05) is 51.2 Å². The van der Waals surface area contributed by atoms with Crippen LogP contribution in [0.5, 0.6) is 5.75 Å². The van der Waals surface area contributed by atoms with Gasteiger partial charge in [0.25, 0.3) is 6.01 Å². The highest BCUT2D eigenvalue weighted by Crippen LogP contribution is 2.29. The number of fused-ring (bicyclic) bond motifs is 1. The van der Waals surface area contributed by atoms with Gasteiger partial charge in [0.05, 0.1) is 18.3 Å². The minimum absolute atomic E-state index is 0.221. The Labute approximate surface area is 147 Å². The molecule has 1 saturated heterocycles. The van der Waals surface area contributed by atoms with Gasteiger partial charge < -0.3 is 23.4 Å². The molecule has 2 aromatic heterocycles. The molecule has 0 unspecified atom stereocenters. The van der Waals surface area contributed by atoms with Crippen LogP contribution in [-0.2, 0) is 11.3 Å². The predicted molar refractivity (Wildman–Crippen MR) is 96.2 cm³/mol. The molecular weight excluding hydrogens is 318 g/mol. The quantitative estimate of drug-likeness (QED) is 0.688. The van der Waals surface area contributed by atoms with Crippen molar-refractivity contribution >= 4 is 16.9 Å². The normalized spacial score (nSPS) is 15.8. The fourth-order valence-corrected chi connectivity index (χ4v) is 3.40. The summed E-state index contributed by atoms with van der Waals surface area (Å²) in [6.45, 7) is 3.35. The summed E-state index contributed by atoms with van der Waals surface area (Å²) in [5.41, 5.74) is 1.19. The van der Waals surface area contributed by atoms with E-state index in [0.717, 1.165) is 43.6 Å². The van der Waals surface area contributed by atoms with E-state index in [2.05, 4.69) is 44.9 Å². The molecule has 6 nitrogen and oxygen atoms in total. The van der Waals surface area contributed by atoms with Crippen LogP contribution in [0.2, 0.25) is 0 Å². The lowest BCUT2D eigenvalue weighted by Crippen LogP contribution is -2.38. The van der Waals surface area contributed by atoms with E-state index >= 15 is 0 Å². The average Bonchev–Trinajstić information content (AvgIpc) is 3.31. The molecule has 0 spiro atoms. The number of oxazole rings is 1. The molecule has 4 rings (SSSR count). The molecule has 0 saturated carbocycles. The smallest absolute Gasteiger partial charge is 0.297 e. The third-order valence-corrected chi connectivity index (χ3v) is 4.74. The number of rotatable bonds is 6. The first-order chi connectivity index (χ1) is 12.3. The number of piperidine rings is 1. The molecule has 3 aromatic rings. The van der Waals surface area contributed by atoms with Gasteiger partial charge >= 0.3 is 0 Å². The van der Waals surface area contributed by atoms with E-state index in [-0.39, 0.29) is 6.10 Å². The molecule has 0 amide bonds. The minimum atomic E-state index is 0.221. The number of methoxy groups -OCH3 is 1. The van der Waals surface area contributed by atoms with Gasteiger partial charge in [0.1, 0.15) is 18.1 Å². The van der Waals surface area contributed by atoms with Crippen molar-refractivity contribution in [2.24, 2.45) is 0 Å². The Hall–Kier alpha value is -2.47. The van der Waals surface area contributed by atoms with Gasteiger partial charge in [-0.3, -0.25) is 0 Å². The summed E-state index contributed by atoms with van der Waals surface area (Å²) in [5, 5.41) is 1.16. The summed E-state index contributed by atoms with van der Waals surface area (Å²) < 4.78 is 19.1. The number of hydrogen-bond donors (Lipinski definition) is 0.